The minimum absolute atomic E-state index is 0. The van der Waals surface area contributed by atoms with Crippen molar-refractivity contribution in [3.8, 4) is 0 Å². The van der Waals surface area contributed by atoms with Crippen LogP contribution in [0.1, 0.15) is 11.1 Å². The van der Waals surface area contributed by atoms with Crippen LogP contribution in [0.25, 0.3) is 0 Å². The van der Waals surface area contributed by atoms with Gasteiger partial charge in [-0.1, -0.05) is 24.3 Å². The summed E-state index contributed by atoms with van der Waals surface area (Å²) in [6.07, 6.45) is 0. The van der Waals surface area contributed by atoms with E-state index in [-0.39, 0.29) is 23.8 Å². The van der Waals surface area contributed by atoms with Gasteiger partial charge in [-0.3, -0.25) is 4.31 Å². The third-order valence-corrected chi connectivity index (χ3v) is 5.55. The van der Waals surface area contributed by atoms with Gasteiger partial charge in [0.25, 0.3) is 10.0 Å². The summed E-state index contributed by atoms with van der Waals surface area (Å²) in [7, 11) is -3.93. The van der Waals surface area contributed by atoms with Gasteiger partial charge in [0, 0.05) is 19.6 Å². The number of hydrogen-bond acceptors (Lipinski definition) is 3. The van der Waals surface area contributed by atoms with E-state index in [2.05, 4.69) is 5.32 Å². The number of anilines is 1. The maximum absolute atomic E-state index is 14.1. The van der Waals surface area contributed by atoms with Gasteiger partial charge >= 0.3 is 0 Å². The number of nitrogens with zero attached hydrogens (tertiary/aromatic N) is 1. The molecule has 124 valence electrons. The number of sulfonamides is 1. The van der Waals surface area contributed by atoms with Crippen LogP contribution in [-0.4, -0.2) is 21.5 Å². The fourth-order valence-electron chi connectivity index (χ4n) is 2.60. The van der Waals surface area contributed by atoms with Crippen molar-refractivity contribution in [2.75, 3.05) is 17.4 Å². The quantitative estimate of drug-likeness (QED) is 0.900. The average Bonchev–Trinajstić information content (AvgIpc) is 2.72. The molecule has 0 bridgehead atoms. The minimum Gasteiger partial charge on any atom is -0.311 e. The van der Waals surface area contributed by atoms with Crippen molar-refractivity contribution in [1.82, 2.24) is 5.32 Å². The zero-order valence-corrected chi connectivity index (χ0v) is 14.3. The van der Waals surface area contributed by atoms with E-state index in [4.69, 9.17) is 0 Å². The number of halogens is 2. The zero-order valence-electron chi connectivity index (χ0n) is 12.6. The first kappa shape index (κ1) is 17.7. The van der Waals surface area contributed by atoms with Crippen LogP contribution in [0.3, 0.4) is 0 Å². The van der Waals surface area contributed by atoms with Crippen LogP contribution < -0.4 is 9.62 Å². The largest absolute Gasteiger partial charge is 0.311 e. The summed E-state index contributed by atoms with van der Waals surface area (Å²) in [4.78, 5) is -0.274. The lowest BCUT2D eigenvalue weighted by molar-refractivity contribution is 0.562. The third-order valence-electron chi connectivity index (χ3n) is 3.72. The van der Waals surface area contributed by atoms with E-state index < -0.39 is 15.8 Å². The van der Waals surface area contributed by atoms with Gasteiger partial charge in [-0.05, 0) is 36.2 Å². The van der Waals surface area contributed by atoms with Gasteiger partial charge in [0.1, 0.15) is 10.7 Å². The van der Waals surface area contributed by atoms with Gasteiger partial charge in [-0.15, -0.1) is 12.4 Å². The van der Waals surface area contributed by atoms with E-state index in [0.29, 0.717) is 24.3 Å². The summed E-state index contributed by atoms with van der Waals surface area (Å²) in [5.74, 6) is -0.722. The molecule has 0 unspecified atom stereocenters. The van der Waals surface area contributed by atoms with Gasteiger partial charge in [-0.2, -0.15) is 0 Å². The second-order valence-corrected chi connectivity index (χ2v) is 7.15. The van der Waals surface area contributed by atoms with Gasteiger partial charge in [-0.25, -0.2) is 12.8 Å². The number of nitrogens with one attached hydrogen (secondary N) is 1. The Kier molecular flexibility index (Phi) is 5.29. The van der Waals surface area contributed by atoms with Gasteiger partial charge in [0.15, 0.2) is 0 Å². The molecule has 1 heterocycles. The van der Waals surface area contributed by atoms with E-state index >= 15 is 0 Å². The molecule has 7 heteroatoms. The number of rotatable bonds is 2. The molecule has 4 nitrogen and oxygen atoms in total. The maximum atomic E-state index is 14.1. The van der Waals surface area contributed by atoms with E-state index in [1.165, 1.54) is 16.4 Å². The Morgan fingerprint density at radius 2 is 1.91 bits per heavy atom. The molecule has 0 aliphatic carbocycles. The van der Waals surface area contributed by atoms with E-state index in [1.807, 2.05) is 12.1 Å². The lowest BCUT2D eigenvalue weighted by Gasteiger charge is -2.24. The summed E-state index contributed by atoms with van der Waals surface area (Å²) in [5, 5.41) is 3.18. The van der Waals surface area contributed by atoms with Crippen molar-refractivity contribution in [3.05, 3.63) is 59.4 Å². The molecular weight excluding hydrogens is 339 g/mol. The zero-order chi connectivity index (χ0) is 15.7. The first-order valence-electron chi connectivity index (χ1n) is 7.07. The maximum Gasteiger partial charge on any atom is 0.267 e. The highest BCUT2D eigenvalue weighted by Crippen LogP contribution is 2.29. The molecule has 23 heavy (non-hydrogen) atoms. The van der Waals surface area contributed by atoms with Crippen LogP contribution in [0.2, 0.25) is 0 Å². The first-order valence-corrected chi connectivity index (χ1v) is 8.51. The fourth-order valence-corrected chi connectivity index (χ4v) is 4.26. The van der Waals surface area contributed by atoms with Crippen LogP contribution in [0.4, 0.5) is 10.1 Å². The van der Waals surface area contributed by atoms with Crippen LogP contribution in [0.15, 0.2) is 47.4 Å². The normalized spacial score (nSPS) is 14.6. The topological polar surface area (TPSA) is 49.4 Å². The highest BCUT2D eigenvalue weighted by Gasteiger charge is 2.30. The Hall–Kier alpha value is -1.63. The third kappa shape index (κ3) is 3.34. The van der Waals surface area contributed by atoms with Crippen molar-refractivity contribution in [3.63, 3.8) is 0 Å². The van der Waals surface area contributed by atoms with E-state index in [0.717, 1.165) is 5.56 Å². The Morgan fingerprint density at radius 3 is 2.70 bits per heavy atom. The lowest BCUT2D eigenvalue weighted by atomic mass is 10.2. The Bertz CT molecular complexity index is 811. The molecule has 0 saturated heterocycles. The highest BCUT2D eigenvalue weighted by molar-refractivity contribution is 7.92. The number of aryl methyl sites for hydroxylation is 1. The van der Waals surface area contributed by atoms with E-state index in [9.17, 15) is 12.8 Å². The second kappa shape index (κ2) is 6.86. The van der Waals surface area contributed by atoms with E-state index in [1.54, 1.807) is 25.1 Å². The Labute approximate surface area is 141 Å². The molecule has 0 amide bonds. The Morgan fingerprint density at radius 1 is 1.17 bits per heavy atom. The Balaban J connectivity index is 0.00000192. The molecule has 1 aliphatic rings. The molecule has 0 aromatic heterocycles. The molecule has 0 fully saturated rings. The van der Waals surface area contributed by atoms with Crippen molar-refractivity contribution < 1.29 is 12.8 Å². The lowest BCUT2D eigenvalue weighted by Crippen LogP contribution is -2.35. The summed E-state index contributed by atoms with van der Waals surface area (Å²) < 4.78 is 41.2. The number of fused-ring (bicyclic) bond motifs is 1. The molecule has 0 radical (unpaired) electrons. The molecule has 0 saturated carbocycles. The molecule has 0 spiro atoms. The predicted octanol–water partition coefficient (Wildman–Crippen LogP) is 2.85. The van der Waals surface area contributed by atoms with Crippen LogP contribution in [-0.2, 0) is 16.6 Å². The number of benzene rings is 2. The van der Waals surface area contributed by atoms with Crippen LogP contribution in [0, 0.1) is 12.7 Å². The van der Waals surface area contributed by atoms with Crippen LogP contribution in [0.5, 0.6) is 0 Å². The monoisotopic (exact) mass is 356 g/mol. The first-order chi connectivity index (χ1) is 10.5. The SMILES string of the molecule is Cc1ccc(F)c(S(=O)(=O)N2CCNCc3ccccc32)c1.Cl. The summed E-state index contributed by atoms with van der Waals surface area (Å²) in [6.45, 7) is 3.13. The van der Waals surface area contributed by atoms with Crippen molar-refractivity contribution in [2.45, 2.75) is 18.4 Å². The highest BCUT2D eigenvalue weighted by atomic mass is 35.5. The van der Waals surface area contributed by atoms with Gasteiger partial charge in [0.05, 0.1) is 5.69 Å². The van der Waals surface area contributed by atoms with Gasteiger partial charge < -0.3 is 5.32 Å². The molecule has 1 aliphatic heterocycles. The standard InChI is InChI=1S/C16H17FN2O2S.ClH/c1-12-6-7-14(17)16(10-12)22(20,21)19-9-8-18-11-13-4-2-3-5-15(13)19;/h2-7,10,18H,8-9,11H2,1H3;1H. The van der Waals surface area contributed by atoms with Crippen molar-refractivity contribution in [2.24, 2.45) is 0 Å². The minimum atomic E-state index is -3.93. The van der Waals surface area contributed by atoms with Gasteiger partial charge in [0.2, 0.25) is 0 Å². The smallest absolute Gasteiger partial charge is 0.267 e. The average molecular weight is 357 g/mol. The second-order valence-electron chi connectivity index (χ2n) is 5.32. The fraction of sp³-hybridized carbons (Fsp3) is 0.250. The summed E-state index contributed by atoms with van der Waals surface area (Å²) in [5.41, 5.74) is 2.20. The van der Waals surface area contributed by atoms with Crippen LogP contribution >= 0.6 is 12.4 Å². The summed E-state index contributed by atoms with van der Waals surface area (Å²) in [6, 6.07) is 11.4. The summed E-state index contributed by atoms with van der Waals surface area (Å²) >= 11 is 0. The van der Waals surface area contributed by atoms with Crippen molar-refractivity contribution >= 4 is 28.1 Å². The number of para-hydroxylation sites is 1. The molecule has 0 atom stereocenters. The molecule has 2 aromatic rings. The number of hydrogen-bond donors (Lipinski definition) is 1. The predicted molar refractivity (Wildman–Crippen MR) is 91.1 cm³/mol. The molecular formula is C16H18ClFN2O2S. The van der Waals surface area contributed by atoms with Crippen molar-refractivity contribution in [1.29, 1.82) is 0 Å². The molecule has 3 rings (SSSR count). The molecule has 2 aromatic carbocycles. The molecule has 1 N–H and O–H groups in total.